The summed E-state index contributed by atoms with van der Waals surface area (Å²) in [7, 11) is 0. The molecule has 0 aromatic heterocycles. The van der Waals surface area contributed by atoms with Crippen molar-refractivity contribution in [3.05, 3.63) is 91.6 Å². The van der Waals surface area contributed by atoms with Gasteiger partial charge in [0.25, 0.3) is 11.8 Å². The van der Waals surface area contributed by atoms with E-state index in [1.54, 1.807) is 37.3 Å². The molecule has 1 aliphatic rings. The molecule has 0 unspecified atom stereocenters. The molecule has 0 bridgehead atoms. The SMILES string of the molecule is CCOc1cc(/C=C2/C(=O)NC(=O)N(c3ccccc3F)C2=O)cc(Br)c1OCc1ccc(Cl)c(Cl)c1. The molecule has 0 atom stereocenters. The summed E-state index contributed by atoms with van der Waals surface area (Å²) >= 11 is 15.5. The largest absolute Gasteiger partial charge is 0.490 e. The molecule has 1 fully saturated rings. The van der Waals surface area contributed by atoms with Crippen LogP contribution in [0, 0.1) is 5.82 Å². The highest BCUT2D eigenvalue weighted by molar-refractivity contribution is 9.10. The van der Waals surface area contributed by atoms with Crippen LogP contribution in [0.2, 0.25) is 10.0 Å². The van der Waals surface area contributed by atoms with Crippen LogP contribution in [-0.4, -0.2) is 24.5 Å². The van der Waals surface area contributed by atoms with Crippen molar-refractivity contribution in [1.82, 2.24) is 5.32 Å². The average molecular weight is 608 g/mol. The Labute approximate surface area is 229 Å². The quantitative estimate of drug-likeness (QED) is 0.243. The van der Waals surface area contributed by atoms with Crippen LogP contribution >= 0.6 is 39.1 Å². The summed E-state index contributed by atoms with van der Waals surface area (Å²) in [5.74, 6) is -1.93. The van der Waals surface area contributed by atoms with Crippen molar-refractivity contribution in [1.29, 1.82) is 0 Å². The van der Waals surface area contributed by atoms with E-state index in [4.69, 9.17) is 32.7 Å². The molecule has 11 heteroatoms. The third kappa shape index (κ3) is 5.79. The maximum Gasteiger partial charge on any atom is 0.336 e. The molecule has 1 N–H and O–H groups in total. The summed E-state index contributed by atoms with van der Waals surface area (Å²) < 4.78 is 26.5. The fraction of sp³-hybridized carbons (Fsp3) is 0.115. The van der Waals surface area contributed by atoms with Gasteiger partial charge in [-0.3, -0.25) is 14.9 Å². The van der Waals surface area contributed by atoms with Crippen molar-refractivity contribution in [2.24, 2.45) is 0 Å². The van der Waals surface area contributed by atoms with E-state index in [-0.39, 0.29) is 17.9 Å². The number of halogens is 4. The van der Waals surface area contributed by atoms with Crippen LogP contribution in [0.15, 0.2) is 64.6 Å². The Balaban J connectivity index is 1.66. The molecule has 7 nitrogen and oxygen atoms in total. The Morgan fingerprint density at radius 2 is 1.78 bits per heavy atom. The van der Waals surface area contributed by atoms with Crippen molar-refractivity contribution >= 4 is 68.7 Å². The molecule has 0 saturated carbocycles. The molecule has 37 heavy (non-hydrogen) atoms. The lowest BCUT2D eigenvalue weighted by molar-refractivity contribution is -0.122. The Bertz CT molecular complexity index is 1450. The van der Waals surface area contributed by atoms with E-state index in [1.807, 2.05) is 0 Å². The highest BCUT2D eigenvalue weighted by Gasteiger charge is 2.38. The maximum absolute atomic E-state index is 14.3. The number of nitrogens with zero attached hydrogens (tertiary/aromatic N) is 1. The molecular weight excluding hydrogens is 590 g/mol. The first kappa shape index (κ1) is 26.7. The maximum atomic E-state index is 14.3. The lowest BCUT2D eigenvalue weighted by Gasteiger charge is -2.26. The Hall–Kier alpha value is -3.40. The summed E-state index contributed by atoms with van der Waals surface area (Å²) in [4.78, 5) is 38.6. The number of urea groups is 1. The van der Waals surface area contributed by atoms with Crippen LogP contribution in [-0.2, 0) is 16.2 Å². The van der Waals surface area contributed by atoms with E-state index in [9.17, 15) is 18.8 Å². The minimum atomic E-state index is -1.04. The Morgan fingerprint density at radius 3 is 2.49 bits per heavy atom. The molecule has 0 radical (unpaired) electrons. The first-order valence-corrected chi connectivity index (χ1v) is 12.4. The standard InChI is InChI=1S/C26H18BrCl2FN2O5/c1-2-36-22-12-15(10-17(27)23(22)37-13-14-7-8-18(28)19(29)11-14)9-16-24(33)31-26(35)32(25(16)34)21-6-4-3-5-20(21)30/h3-12H,2,13H2,1H3,(H,31,33,35)/b16-9-. The van der Waals surface area contributed by atoms with Gasteiger partial charge in [-0.05, 0) is 76.5 Å². The van der Waals surface area contributed by atoms with Crippen molar-refractivity contribution in [2.45, 2.75) is 13.5 Å². The third-order valence-electron chi connectivity index (χ3n) is 5.20. The first-order chi connectivity index (χ1) is 17.7. The van der Waals surface area contributed by atoms with Crippen molar-refractivity contribution in [2.75, 3.05) is 11.5 Å². The number of benzene rings is 3. The van der Waals surface area contributed by atoms with E-state index in [1.165, 1.54) is 24.3 Å². The van der Waals surface area contributed by atoms with E-state index >= 15 is 0 Å². The van der Waals surface area contributed by atoms with Gasteiger partial charge in [0.1, 0.15) is 18.0 Å². The summed E-state index contributed by atoms with van der Waals surface area (Å²) in [5, 5.41) is 2.89. The van der Waals surface area contributed by atoms with E-state index < -0.39 is 23.7 Å². The van der Waals surface area contributed by atoms with Crippen molar-refractivity contribution in [3.8, 4) is 11.5 Å². The predicted octanol–water partition coefficient (Wildman–Crippen LogP) is 6.54. The smallest absolute Gasteiger partial charge is 0.336 e. The fourth-order valence-corrected chi connectivity index (χ4v) is 4.43. The van der Waals surface area contributed by atoms with Gasteiger partial charge in [0.05, 0.1) is 26.8 Å². The summed E-state index contributed by atoms with van der Waals surface area (Å²) in [6.45, 7) is 2.26. The zero-order valence-electron chi connectivity index (χ0n) is 19.2. The summed E-state index contributed by atoms with van der Waals surface area (Å²) in [6, 6.07) is 12.6. The van der Waals surface area contributed by atoms with Gasteiger partial charge in [0.15, 0.2) is 11.5 Å². The third-order valence-corrected chi connectivity index (χ3v) is 6.53. The highest BCUT2D eigenvalue weighted by Crippen LogP contribution is 2.38. The normalized spacial score (nSPS) is 14.7. The van der Waals surface area contributed by atoms with E-state index in [0.717, 1.165) is 11.6 Å². The minimum absolute atomic E-state index is 0.163. The van der Waals surface area contributed by atoms with Crippen LogP contribution < -0.4 is 19.7 Å². The first-order valence-electron chi connectivity index (χ1n) is 10.9. The lowest BCUT2D eigenvalue weighted by atomic mass is 10.1. The van der Waals surface area contributed by atoms with E-state index in [2.05, 4.69) is 21.2 Å². The van der Waals surface area contributed by atoms with E-state index in [0.29, 0.717) is 43.1 Å². The van der Waals surface area contributed by atoms with Crippen LogP contribution in [0.3, 0.4) is 0 Å². The fourth-order valence-electron chi connectivity index (χ4n) is 3.54. The number of carbonyl (C=O) groups is 3. The zero-order chi connectivity index (χ0) is 26.7. The topological polar surface area (TPSA) is 84.9 Å². The number of carbonyl (C=O) groups excluding carboxylic acids is 3. The number of ether oxygens (including phenoxy) is 2. The molecule has 3 aromatic carbocycles. The predicted molar refractivity (Wildman–Crippen MR) is 142 cm³/mol. The van der Waals surface area contributed by atoms with Gasteiger partial charge >= 0.3 is 6.03 Å². The second-order valence-corrected chi connectivity index (χ2v) is 9.38. The van der Waals surface area contributed by atoms with Gasteiger partial charge in [-0.1, -0.05) is 41.4 Å². The number of anilines is 1. The molecule has 1 saturated heterocycles. The van der Waals surface area contributed by atoms with Crippen LogP contribution in [0.25, 0.3) is 6.08 Å². The van der Waals surface area contributed by atoms with Crippen LogP contribution in [0.4, 0.5) is 14.9 Å². The van der Waals surface area contributed by atoms with Gasteiger partial charge in [-0.15, -0.1) is 0 Å². The summed E-state index contributed by atoms with van der Waals surface area (Å²) in [5.41, 5.74) is 0.545. The molecule has 190 valence electrons. The lowest BCUT2D eigenvalue weighted by Crippen LogP contribution is -2.54. The second-order valence-electron chi connectivity index (χ2n) is 7.71. The molecule has 1 aliphatic heterocycles. The molecule has 4 amide bonds. The molecule has 4 rings (SSSR count). The average Bonchev–Trinajstić information content (AvgIpc) is 2.84. The zero-order valence-corrected chi connectivity index (χ0v) is 22.3. The number of rotatable bonds is 7. The highest BCUT2D eigenvalue weighted by atomic mass is 79.9. The molecule has 0 aliphatic carbocycles. The number of amides is 4. The monoisotopic (exact) mass is 606 g/mol. The second kappa shape index (κ2) is 11.3. The number of hydrogen-bond donors (Lipinski definition) is 1. The molecule has 3 aromatic rings. The van der Waals surface area contributed by atoms with Gasteiger partial charge in [0.2, 0.25) is 0 Å². The van der Waals surface area contributed by atoms with Crippen LogP contribution in [0.5, 0.6) is 11.5 Å². The number of nitrogens with one attached hydrogen (secondary N) is 1. The number of hydrogen-bond acceptors (Lipinski definition) is 5. The molecular formula is C26H18BrCl2FN2O5. The van der Waals surface area contributed by atoms with Crippen molar-refractivity contribution in [3.63, 3.8) is 0 Å². The number of barbiturate groups is 1. The number of imide groups is 2. The van der Waals surface area contributed by atoms with Gasteiger partial charge in [-0.25, -0.2) is 14.1 Å². The Kier molecular flexibility index (Phi) is 8.16. The van der Waals surface area contributed by atoms with Gasteiger partial charge in [-0.2, -0.15) is 0 Å². The number of para-hydroxylation sites is 1. The molecule has 0 spiro atoms. The summed E-state index contributed by atoms with van der Waals surface area (Å²) in [6.07, 6.45) is 1.29. The van der Waals surface area contributed by atoms with Crippen molar-refractivity contribution < 1.29 is 28.2 Å². The van der Waals surface area contributed by atoms with Crippen LogP contribution in [0.1, 0.15) is 18.1 Å². The minimum Gasteiger partial charge on any atom is -0.490 e. The molecule has 1 heterocycles. The Morgan fingerprint density at radius 1 is 1.03 bits per heavy atom. The van der Waals surface area contributed by atoms with Gasteiger partial charge < -0.3 is 9.47 Å². The van der Waals surface area contributed by atoms with Gasteiger partial charge in [0, 0.05) is 0 Å².